The highest BCUT2D eigenvalue weighted by molar-refractivity contribution is 5.98. The SMILES string of the molecule is C=CCNC(=O)C(NC(=O)c1cccc(OC)c1)C1CCN(C(=O)c2ccccc2C)CC1. The fourth-order valence-electron chi connectivity index (χ4n) is 4.09. The van der Waals surface area contributed by atoms with Crippen LogP contribution in [0.1, 0.15) is 39.1 Å². The summed E-state index contributed by atoms with van der Waals surface area (Å²) < 4.78 is 5.20. The van der Waals surface area contributed by atoms with Crippen molar-refractivity contribution in [1.82, 2.24) is 15.5 Å². The van der Waals surface area contributed by atoms with Crippen LogP contribution in [0, 0.1) is 12.8 Å². The molecule has 0 aromatic heterocycles. The van der Waals surface area contributed by atoms with E-state index in [-0.39, 0.29) is 23.6 Å². The van der Waals surface area contributed by atoms with E-state index in [4.69, 9.17) is 4.74 Å². The third-order valence-electron chi connectivity index (χ3n) is 6.00. The van der Waals surface area contributed by atoms with Crippen molar-refractivity contribution in [3.8, 4) is 5.75 Å². The van der Waals surface area contributed by atoms with Crippen molar-refractivity contribution in [2.24, 2.45) is 5.92 Å². The standard InChI is InChI=1S/C26H31N3O4/c1-4-14-27-25(31)23(28-24(30)20-9-7-10-21(17-20)33-3)19-12-15-29(16-13-19)26(32)22-11-6-5-8-18(22)2/h4-11,17,19,23H,1,12-16H2,2-3H3,(H,27,31)(H,28,30). The van der Waals surface area contributed by atoms with Crippen molar-refractivity contribution < 1.29 is 19.1 Å². The molecule has 3 amide bonds. The Morgan fingerprint density at radius 2 is 1.88 bits per heavy atom. The number of aryl methyl sites for hydroxylation is 1. The number of carbonyl (C=O) groups excluding carboxylic acids is 3. The van der Waals surface area contributed by atoms with Crippen molar-refractivity contribution in [3.05, 3.63) is 77.9 Å². The summed E-state index contributed by atoms with van der Waals surface area (Å²) >= 11 is 0. The molecule has 7 nitrogen and oxygen atoms in total. The molecule has 0 aliphatic carbocycles. The van der Waals surface area contributed by atoms with E-state index in [0.717, 1.165) is 5.56 Å². The van der Waals surface area contributed by atoms with Crippen LogP contribution in [0.3, 0.4) is 0 Å². The first-order chi connectivity index (χ1) is 15.9. The minimum absolute atomic E-state index is 0.000347. The van der Waals surface area contributed by atoms with Gasteiger partial charge in [-0.3, -0.25) is 14.4 Å². The Bertz CT molecular complexity index is 1010. The van der Waals surface area contributed by atoms with E-state index in [9.17, 15) is 14.4 Å². The monoisotopic (exact) mass is 449 g/mol. The highest BCUT2D eigenvalue weighted by Gasteiger charge is 2.34. The second-order valence-corrected chi connectivity index (χ2v) is 8.16. The highest BCUT2D eigenvalue weighted by Crippen LogP contribution is 2.24. The second kappa shape index (κ2) is 11.3. The second-order valence-electron chi connectivity index (χ2n) is 8.16. The first kappa shape index (κ1) is 24.0. The highest BCUT2D eigenvalue weighted by atomic mass is 16.5. The van der Waals surface area contributed by atoms with E-state index in [1.165, 1.54) is 7.11 Å². The number of benzene rings is 2. The number of methoxy groups -OCH3 is 1. The van der Waals surface area contributed by atoms with E-state index in [1.54, 1.807) is 30.3 Å². The number of hydrogen-bond acceptors (Lipinski definition) is 4. The lowest BCUT2D eigenvalue weighted by Gasteiger charge is -2.36. The van der Waals surface area contributed by atoms with Gasteiger partial charge in [0.2, 0.25) is 5.91 Å². The van der Waals surface area contributed by atoms with Gasteiger partial charge in [-0.15, -0.1) is 6.58 Å². The molecule has 0 spiro atoms. The van der Waals surface area contributed by atoms with Gasteiger partial charge in [-0.05, 0) is 55.5 Å². The fourth-order valence-corrected chi connectivity index (χ4v) is 4.09. The zero-order valence-corrected chi connectivity index (χ0v) is 19.2. The van der Waals surface area contributed by atoms with Crippen LogP contribution in [-0.4, -0.2) is 55.4 Å². The summed E-state index contributed by atoms with van der Waals surface area (Å²) in [5, 5.41) is 5.70. The number of nitrogens with one attached hydrogen (secondary N) is 2. The predicted molar refractivity (Wildman–Crippen MR) is 127 cm³/mol. The zero-order valence-electron chi connectivity index (χ0n) is 19.2. The molecule has 0 bridgehead atoms. The number of rotatable bonds is 8. The van der Waals surface area contributed by atoms with Crippen molar-refractivity contribution in [1.29, 1.82) is 0 Å². The van der Waals surface area contributed by atoms with Crippen molar-refractivity contribution in [2.45, 2.75) is 25.8 Å². The third kappa shape index (κ3) is 6.00. The molecule has 1 saturated heterocycles. The summed E-state index contributed by atoms with van der Waals surface area (Å²) in [6.45, 7) is 6.93. The quantitative estimate of drug-likeness (QED) is 0.607. The largest absolute Gasteiger partial charge is 0.497 e. The van der Waals surface area contributed by atoms with Crippen LogP contribution in [0.5, 0.6) is 5.75 Å². The van der Waals surface area contributed by atoms with Crippen LogP contribution >= 0.6 is 0 Å². The predicted octanol–water partition coefficient (Wildman–Crippen LogP) is 2.96. The lowest BCUT2D eigenvalue weighted by Crippen LogP contribution is -2.53. The molecule has 2 aromatic rings. The molecule has 2 N–H and O–H groups in total. The van der Waals surface area contributed by atoms with Gasteiger partial charge >= 0.3 is 0 Å². The molecule has 0 radical (unpaired) electrons. The molecule has 1 heterocycles. The molecule has 1 unspecified atom stereocenters. The van der Waals surface area contributed by atoms with Gasteiger partial charge in [-0.2, -0.15) is 0 Å². The summed E-state index contributed by atoms with van der Waals surface area (Å²) in [6, 6.07) is 13.6. The van der Waals surface area contributed by atoms with Gasteiger partial charge < -0.3 is 20.3 Å². The number of ether oxygens (including phenoxy) is 1. The third-order valence-corrected chi connectivity index (χ3v) is 6.00. The maximum atomic E-state index is 12.9. The first-order valence-corrected chi connectivity index (χ1v) is 11.1. The van der Waals surface area contributed by atoms with Crippen molar-refractivity contribution >= 4 is 17.7 Å². The molecule has 33 heavy (non-hydrogen) atoms. The summed E-state index contributed by atoms with van der Waals surface area (Å²) in [5.41, 5.74) is 2.06. The number of hydrogen-bond donors (Lipinski definition) is 2. The van der Waals surface area contributed by atoms with E-state index < -0.39 is 6.04 Å². The topological polar surface area (TPSA) is 87.7 Å². The lowest BCUT2D eigenvalue weighted by atomic mass is 9.88. The Morgan fingerprint density at radius 1 is 1.15 bits per heavy atom. The number of nitrogens with zero attached hydrogens (tertiary/aromatic N) is 1. The Labute approximate surface area is 194 Å². The summed E-state index contributed by atoms with van der Waals surface area (Å²) in [7, 11) is 1.54. The van der Waals surface area contributed by atoms with Crippen LogP contribution in [0.4, 0.5) is 0 Å². The molecule has 174 valence electrons. The van der Waals surface area contributed by atoms with Crippen LogP contribution < -0.4 is 15.4 Å². The molecule has 1 aliphatic heterocycles. The van der Waals surface area contributed by atoms with Crippen molar-refractivity contribution in [3.63, 3.8) is 0 Å². The van der Waals surface area contributed by atoms with Gasteiger partial charge in [0.25, 0.3) is 11.8 Å². The van der Waals surface area contributed by atoms with Gasteiger partial charge in [0.1, 0.15) is 11.8 Å². The summed E-state index contributed by atoms with van der Waals surface area (Å²) in [6.07, 6.45) is 2.83. The Hall–Kier alpha value is -3.61. The Morgan fingerprint density at radius 3 is 2.55 bits per heavy atom. The summed E-state index contributed by atoms with van der Waals surface area (Å²) in [5.74, 6) is -0.121. The minimum atomic E-state index is -0.709. The van der Waals surface area contributed by atoms with Gasteiger partial charge in [0.15, 0.2) is 0 Å². The Balaban J connectivity index is 1.70. The number of amides is 3. The molecule has 3 rings (SSSR count). The zero-order chi connectivity index (χ0) is 23.8. The van der Waals surface area contributed by atoms with Crippen LogP contribution in [0.2, 0.25) is 0 Å². The minimum Gasteiger partial charge on any atom is -0.497 e. The van der Waals surface area contributed by atoms with E-state index in [1.807, 2.05) is 36.1 Å². The van der Waals surface area contributed by atoms with Gasteiger partial charge in [-0.25, -0.2) is 0 Å². The molecular weight excluding hydrogens is 418 g/mol. The van der Waals surface area contributed by atoms with Gasteiger partial charge in [-0.1, -0.05) is 30.3 Å². The summed E-state index contributed by atoms with van der Waals surface area (Å²) in [4.78, 5) is 40.6. The van der Waals surface area contributed by atoms with Crippen LogP contribution in [0.15, 0.2) is 61.2 Å². The molecule has 0 saturated carbocycles. The maximum Gasteiger partial charge on any atom is 0.254 e. The Kier molecular flexibility index (Phi) is 8.24. The van der Waals surface area contributed by atoms with E-state index in [0.29, 0.717) is 49.4 Å². The van der Waals surface area contributed by atoms with Gasteiger partial charge in [0, 0.05) is 30.8 Å². The average molecular weight is 450 g/mol. The number of carbonyl (C=O) groups is 3. The number of piperidine rings is 1. The van der Waals surface area contributed by atoms with Crippen molar-refractivity contribution in [2.75, 3.05) is 26.7 Å². The normalized spacial score (nSPS) is 14.8. The van der Waals surface area contributed by atoms with Crippen LogP contribution in [-0.2, 0) is 4.79 Å². The maximum absolute atomic E-state index is 12.9. The molecule has 2 aromatic carbocycles. The number of likely N-dealkylation sites (tertiary alicyclic amines) is 1. The van der Waals surface area contributed by atoms with Gasteiger partial charge in [0.05, 0.1) is 7.11 Å². The van der Waals surface area contributed by atoms with E-state index >= 15 is 0 Å². The fraction of sp³-hybridized carbons (Fsp3) is 0.346. The molecule has 1 aliphatic rings. The molecule has 1 fully saturated rings. The smallest absolute Gasteiger partial charge is 0.254 e. The molecule has 1 atom stereocenters. The average Bonchev–Trinajstić information content (AvgIpc) is 2.85. The molecular formula is C26H31N3O4. The van der Waals surface area contributed by atoms with Crippen LogP contribution in [0.25, 0.3) is 0 Å². The first-order valence-electron chi connectivity index (χ1n) is 11.1. The molecule has 7 heteroatoms. The van der Waals surface area contributed by atoms with E-state index in [2.05, 4.69) is 17.2 Å². The lowest BCUT2D eigenvalue weighted by molar-refractivity contribution is -0.124.